The fourth-order valence-corrected chi connectivity index (χ4v) is 6.56. The van der Waals surface area contributed by atoms with Gasteiger partial charge >= 0.3 is 0 Å². The molecule has 1 saturated heterocycles. The second kappa shape index (κ2) is 19.1. The van der Waals surface area contributed by atoms with E-state index in [9.17, 15) is 0 Å². The van der Waals surface area contributed by atoms with Crippen LogP contribution in [-0.2, 0) is 12.8 Å². The molecule has 2 aromatic rings. The topological polar surface area (TPSA) is 67.6 Å². The highest BCUT2D eigenvalue weighted by Gasteiger charge is 2.26. The molecule has 4 nitrogen and oxygen atoms in total. The second-order valence-corrected chi connectivity index (χ2v) is 13.2. The maximum Gasteiger partial charge on any atom is 0.0736 e. The largest absolute Gasteiger partial charge is 0.404 e. The fraction of sp³-hybridized carbons (Fsp3) is 0.357. The van der Waals surface area contributed by atoms with Crippen molar-refractivity contribution in [1.82, 2.24) is 4.90 Å². The van der Waals surface area contributed by atoms with Crippen molar-refractivity contribution in [2.24, 2.45) is 22.4 Å². The van der Waals surface area contributed by atoms with Gasteiger partial charge in [-0.2, -0.15) is 0 Å². The van der Waals surface area contributed by atoms with Crippen molar-refractivity contribution in [2.75, 3.05) is 32.1 Å². The first-order valence-electron chi connectivity index (χ1n) is 16.8. The first kappa shape index (κ1) is 37.6. The summed E-state index contributed by atoms with van der Waals surface area (Å²) in [6.45, 7) is 24.9. The summed E-state index contributed by atoms with van der Waals surface area (Å²) in [6, 6.07) is 15.0. The van der Waals surface area contributed by atoms with Crippen LogP contribution in [0.15, 0.2) is 112 Å². The van der Waals surface area contributed by atoms with Crippen LogP contribution in [0.25, 0.3) is 5.57 Å². The minimum absolute atomic E-state index is 0.409. The van der Waals surface area contributed by atoms with E-state index in [1.165, 1.54) is 46.0 Å². The van der Waals surface area contributed by atoms with E-state index in [4.69, 9.17) is 16.5 Å². The Kier molecular flexibility index (Phi) is 15.3. The minimum atomic E-state index is 0.409. The number of rotatable bonds is 15. The lowest BCUT2D eigenvalue weighted by Crippen LogP contribution is -2.47. The van der Waals surface area contributed by atoms with Crippen molar-refractivity contribution in [1.29, 1.82) is 0 Å². The van der Waals surface area contributed by atoms with Crippen molar-refractivity contribution in [2.45, 2.75) is 60.8 Å². The molecule has 47 heavy (non-hydrogen) atoms. The maximum absolute atomic E-state index is 6.19. The average Bonchev–Trinajstić information content (AvgIpc) is 3.05. The number of hydrogen-bond acceptors (Lipinski definition) is 5. The van der Waals surface area contributed by atoms with Crippen LogP contribution in [0.3, 0.4) is 0 Å². The zero-order valence-corrected chi connectivity index (χ0v) is 30.3. The predicted octanol–water partition coefficient (Wildman–Crippen LogP) is 8.79. The van der Waals surface area contributed by atoms with Crippen LogP contribution >= 0.6 is 11.8 Å². The number of benzene rings is 2. The minimum Gasteiger partial charge on any atom is -0.404 e. The van der Waals surface area contributed by atoms with Gasteiger partial charge in [0.25, 0.3) is 0 Å². The van der Waals surface area contributed by atoms with Gasteiger partial charge in [-0.1, -0.05) is 97.7 Å². The quantitative estimate of drug-likeness (QED) is 0.0879. The monoisotopic (exact) mass is 646 g/mol. The Morgan fingerprint density at radius 3 is 2.38 bits per heavy atom. The van der Waals surface area contributed by atoms with Gasteiger partial charge in [-0.25, -0.2) is 0 Å². The van der Waals surface area contributed by atoms with Crippen molar-refractivity contribution in [3.63, 3.8) is 0 Å². The van der Waals surface area contributed by atoms with E-state index < -0.39 is 0 Å². The Morgan fingerprint density at radius 1 is 1.06 bits per heavy atom. The summed E-state index contributed by atoms with van der Waals surface area (Å²) in [7, 11) is 0. The van der Waals surface area contributed by atoms with E-state index in [0.29, 0.717) is 12.4 Å². The number of nitrogens with two attached hydrogens (primary N) is 2. The molecule has 0 atom stereocenters. The molecule has 3 rings (SSSR count). The first-order valence-corrected chi connectivity index (χ1v) is 17.7. The molecule has 0 aromatic heterocycles. The summed E-state index contributed by atoms with van der Waals surface area (Å²) in [5, 5.41) is 0. The van der Waals surface area contributed by atoms with E-state index >= 15 is 0 Å². The Morgan fingerprint density at radius 2 is 1.79 bits per heavy atom. The van der Waals surface area contributed by atoms with E-state index in [0.717, 1.165) is 76.9 Å². The van der Waals surface area contributed by atoms with Crippen LogP contribution < -0.4 is 11.5 Å². The molecule has 0 amide bonds. The number of likely N-dealkylation sites (tertiary alicyclic amines) is 1. The molecule has 1 fully saturated rings. The third-order valence-electron chi connectivity index (χ3n) is 8.59. The smallest absolute Gasteiger partial charge is 0.0736 e. The predicted molar refractivity (Wildman–Crippen MR) is 208 cm³/mol. The summed E-state index contributed by atoms with van der Waals surface area (Å²) in [5.74, 6) is 7.72. The molecule has 0 spiro atoms. The van der Waals surface area contributed by atoms with Gasteiger partial charge in [0, 0.05) is 55.0 Å². The molecule has 4 N–H and O–H groups in total. The SMILES string of the molecule is C=C(C#C/C(SCN)=C(C)/C(=C/N)C(=N\CC)/c1ccc(C)cc1)/C=C\C(=C/C)CN1CC(CCc2cccc(C(=C)C)c2CC)C1. The van der Waals surface area contributed by atoms with E-state index in [-0.39, 0.29) is 0 Å². The lowest BCUT2D eigenvalue weighted by atomic mass is 9.88. The first-order chi connectivity index (χ1) is 22.6. The highest BCUT2D eigenvalue weighted by atomic mass is 32.2. The van der Waals surface area contributed by atoms with Crippen LogP contribution in [0, 0.1) is 24.7 Å². The third kappa shape index (κ3) is 10.9. The molecule has 0 unspecified atom stereocenters. The number of aryl methyl sites for hydroxylation is 2. The molecule has 1 aliphatic heterocycles. The number of hydrogen-bond donors (Lipinski definition) is 2. The fourth-order valence-electron chi connectivity index (χ4n) is 5.95. The molecule has 2 aromatic carbocycles. The summed E-state index contributed by atoms with van der Waals surface area (Å²) in [5.41, 5.74) is 24.5. The summed E-state index contributed by atoms with van der Waals surface area (Å²) >= 11 is 1.50. The highest BCUT2D eigenvalue weighted by molar-refractivity contribution is 8.03. The van der Waals surface area contributed by atoms with E-state index in [1.54, 1.807) is 6.20 Å². The van der Waals surface area contributed by atoms with Crippen LogP contribution in [0.1, 0.15) is 68.9 Å². The molecule has 5 heteroatoms. The van der Waals surface area contributed by atoms with Crippen LogP contribution in [0.4, 0.5) is 0 Å². The molecule has 1 aliphatic rings. The third-order valence-corrected chi connectivity index (χ3v) is 9.45. The Bertz CT molecular complexity index is 1620. The average molecular weight is 647 g/mol. The van der Waals surface area contributed by atoms with Crippen LogP contribution in [0.2, 0.25) is 0 Å². The second-order valence-electron chi connectivity index (χ2n) is 12.2. The Hall–Kier alpha value is -3.82. The van der Waals surface area contributed by atoms with Gasteiger partial charge in [0.2, 0.25) is 0 Å². The number of nitrogens with zero attached hydrogens (tertiary/aromatic N) is 2. The normalized spacial score (nSPS) is 15.3. The van der Waals surface area contributed by atoms with Crippen LogP contribution in [0.5, 0.6) is 0 Å². The lowest BCUT2D eigenvalue weighted by molar-refractivity contribution is 0.107. The molecular weight excluding hydrogens is 593 g/mol. The molecule has 1 heterocycles. The number of allylic oxidation sites excluding steroid dienone is 7. The van der Waals surface area contributed by atoms with E-state index in [2.05, 4.69) is 112 Å². The summed E-state index contributed by atoms with van der Waals surface area (Å²) < 4.78 is 0. The van der Waals surface area contributed by atoms with Gasteiger partial charge in [0.15, 0.2) is 0 Å². The molecule has 0 aliphatic carbocycles. The molecule has 248 valence electrons. The standard InChI is InChI=1S/C42H54N4S/c1-9-34(26-46-27-35(28-46)20-23-36-13-12-14-39(30(4)5)38(36)10-2)19-15-31(6)18-24-41(47-29-44)33(8)40(25-43)42(45-11-3)37-21-16-32(7)17-22-37/h9,12-17,19,21-22,25,35H,4,6,10-11,20,23,26-29,43-44H2,1-3,5,7-8H3/b19-15-,34-9+,40-25-,41-33-,45-42-. The van der Waals surface area contributed by atoms with Gasteiger partial charge in [-0.15, -0.1) is 11.8 Å². The Balaban J connectivity index is 1.62. The Labute approximate surface area is 289 Å². The van der Waals surface area contributed by atoms with Gasteiger partial charge in [0.05, 0.1) is 10.6 Å². The van der Waals surface area contributed by atoms with Gasteiger partial charge < -0.3 is 11.5 Å². The van der Waals surface area contributed by atoms with Gasteiger partial charge in [-0.3, -0.25) is 9.89 Å². The van der Waals surface area contributed by atoms with Crippen molar-refractivity contribution < 1.29 is 0 Å². The lowest BCUT2D eigenvalue weighted by Gasteiger charge is -2.40. The molecule has 0 saturated carbocycles. The zero-order valence-electron chi connectivity index (χ0n) is 29.5. The highest BCUT2D eigenvalue weighted by Crippen LogP contribution is 2.28. The van der Waals surface area contributed by atoms with Crippen molar-refractivity contribution in [3.05, 3.63) is 135 Å². The summed E-state index contributed by atoms with van der Waals surface area (Å²) in [4.78, 5) is 8.19. The zero-order chi connectivity index (χ0) is 34.3. The molecule has 0 radical (unpaired) electrons. The number of thioether (sulfide) groups is 1. The van der Waals surface area contributed by atoms with Crippen molar-refractivity contribution in [3.8, 4) is 11.8 Å². The number of aliphatic imine (C=N–C) groups is 1. The van der Waals surface area contributed by atoms with Gasteiger partial charge in [-0.05, 0) is 93.7 Å². The summed E-state index contributed by atoms with van der Waals surface area (Å²) in [6.07, 6.45) is 11.4. The van der Waals surface area contributed by atoms with Crippen LogP contribution in [-0.4, -0.2) is 42.7 Å². The maximum atomic E-state index is 6.19. The van der Waals surface area contributed by atoms with Crippen molar-refractivity contribution >= 4 is 23.0 Å². The van der Waals surface area contributed by atoms with E-state index in [1.807, 2.05) is 19.9 Å². The molecule has 0 bridgehead atoms. The van der Waals surface area contributed by atoms with Gasteiger partial charge in [0.1, 0.15) is 0 Å². The molecular formula is C42H54N4S.